The molecule has 0 saturated carbocycles. The molecule has 0 fully saturated rings. The molecule has 0 amide bonds. The summed E-state index contributed by atoms with van der Waals surface area (Å²) in [4.78, 5) is 10.2. The summed E-state index contributed by atoms with van der Waals surface area (Å²) < 4.78 is 0. The molecule has 2 aromatic carbocycles. The van der Waals surface area contributed by atoms with Gasteiger partial charge in [-0.05, 0) is 22.8 Å². The maximum Gasteiger partial charge on any atom is 0.123 e. The summed E-state index contributed by atoms with van der Waals surface area (Å²) >= 11 is 0. The Bertz CT molecular complexity index is 512. The van der Waals surface area contributed by atoms with Crippen molar-refractivity contribution >= 4 is 12.4 Å². The van der Waals surface area contributed by atoms with E-state index in [0.29, 0.717) is 6.42 Å². The lowest BCUT2D eigenvalue weighted by Gasteiger charge is -2.02. The van der Waals surface area contributed by atoms with Crippen molar-refractivity contribution < 1.29 is 4.79 Å². The molecule has 0 aliphatic carbocycles. The Balaban J connectivity index is 2.26. The zero-order chi connectivity index (χ0) is 11.9. The van der Waals surface area contributed by atoms with E-state index in [1.54, 1.807) is 0 Å². The summed E-state index contributed by atoms with van der Waals surface area (Å²) in [5.74, 6) is 0. The number of aldehydes is 1. The molecule has 0 saturated heterocycles. The van der Waals surface area contributed by atoms with Crippen molar-refractivity contribution in [3.8, 4) is 11.1 Å². The zero-order valence-corrected chi connectivity index (χ0v) is 9.54. The van der Waals surface area contributed by atoms with Crippen molar-refractivity contribution in [3.63, 3.8) is 0 Å². The summed E-state index contributed by atoms with van der Waals surface area (Å²) in [6, 6.07) is 18.5. The number of allylic oxidation sites excluding steroid dienone is 1. The summed E-state index contributed by atoms with van der Waals surface area (Å²) in [5, 5.41) is 0. The molecular formula is C16H14O. The Labute approximate surface area is 101 Å². The van der Waals surface area contributed by atoms with Gasteiger partial charge < -0.3 is 4.79 Å². The van der Waals surface area contributed by atoms with Gasteiger partial charge >= 0.3 is 0 Å². The zero-order valence-electron chi connectivity index (χ0n) is 9.54. The molecule has 1 nitrogen and oxygen atoms in total. The fourth-order valence-corrected chi connectivity index (χ4v) is 1.71. The minimum Gasteiger partial charge on any atom is -0.303 e. The van der Waals surface area contributed by atoms with Gasteiger partial charge in [-0.3, -0.25) is 0 Å². The van der Waals surface area contributed by atoms with Crippen LogP contribution in [0.3, 0.4) is 0 Å². The average molecular weight is 222 g/mol. The van der Waals surface area contributed by atoms with Crippen LogP contribution in [0.2, 0.25) is 0 Å². The summed E-state index contributed by atoms with van der Waals surface area (Å²) in [6.45, 7) is 0. The van der Waals surface area contributed by atoms with Crippen molar-refractivity contribution in [3.05, 3.63) is 66.2 Å². The molecule has 0 aliphatic heterocycles. The summed E-state index contributed by atoms with van der Waals surface area (Å²) in [7, 11) is 0. The topological polar surface area (TPSA) is 17.1 Å². The van der Waals surface area contributed by atoms with Gasteiger partial charge in [0.05, 0.1) is 0 Å². The van der Waals surface area contributed by atoms with Crippen molar-refractivity contribution in [1.82, 2.24) is 0 Å². The van der Waals surface area contributed by atoms with Crippen LogP contribution in [0.15, 0.2) is 60.7 Å². The van der Waals surface area contributed by atoms with E-state index in [1.165, 1.54) is 11.1 Å². The van der Waals surface area contributed by atoms with Gasteiger partial charge in [-0.15, -0.1) is 0 Å². The third kappa shape index (κ3) is 3.15. The molecule has 0 unspecified atom stereocenters. The standard InChI is InChI=1S/C16H14O/c17-12-5-4-7-14-8-6-11-16(13-14)15-9-2-1-3-10-15/h1-4,6-13H,5H2/b7-4+. The second kappa shape index (κ2) is 5.80. The number of carbonyl (C=O) groups excluding carboxylic acids is 1. The molecule has 1 heteroatoms. The molecule has 0 atom stereocenters. The van der Waals surface area contributed by atoms with Crippen LogP contribution in [0.1, 0.15) is 12.0 Å². The minimum absolute atomic E-state index is 0.468. The highest BCUT2D eigenvalue weighted by Gasteiger charge is 1.96. The summed E-state index contributed by atoms with van der Waals surface area (Å²) in [5.41, 5.74) is 3.52. The van der Waals surface area contributed by atoms with Gasteiger partial charge in [0.2, 0.25) is 0 Å². The van der Waals surface area contributed by atoms with E-state index in [0.717, 1.165) is 11.8 Å². The molecule has 2 aromatic rings. The highest BCUT2D eigenvalue weighted by atomic mass is 16.1. The van der Waals surface area contributed by atoms with E-state index in [4.69, 9.17) is 0 Å². The Morgan fingerprint density at radius 3 is 2.41 bits per heavy atom. The quantitative estimate of drug-likeness (QED) is 0.716. The van der Waals surface area contributed by atoms with Crippen LogP contribution in [0.5, 0.6) is 0 Å². The smallest absolute Gasteiger partial charge is 0.123 e. The molecule has 0 spiro atoms. The largest absolute Gasteiger partial charge is 0.303 e. The highest BCUT2D eigenvalue weighted by molar-refractivity contribution is 5.67. The van der Waals surface area contributed by atoms with E-state index in [9.17, 15) is 4.79 Å². The monoisotopic (exact) mass is 222 g/mol. The second-order valence-electron chi connectivity index (χ2n) is 3.80. The van der Waals surface area contributed by atoms with Crippen molar-refractivity contribution in [1.29, 1.82) is 0 Å². The lowest BCUT2D eigenvalue weighted by atomic mass is 10.0. The van der Waals surface area contributed by atoms with Crippen molar-refractivity contribution in [2.45, 2.75) is 6.42 Å². The van der Waals surface area contributed by atoms with Gasteiger partial charge in [-0.1, -0.05) is 60.7 Å². The number of carbonyl (C=O) groups is 1. The van der Waals surface area contributed by atoms with E-state index in [-0.39, 0.29) is 0 Å². The van der Waals surface area contributed by atoms with Gasteiger partial charge in [-0.2, -0.15) is 0 Å². The molecule has 84 valence electrons. The van der Waals surface area contributed by atoms with E-state index < -0.39 is 0 Å². The first-order valence-electron chi connectivity index (χ1n) is 5.66. The van der Waals surface area contributed by atoms with Gasteiger partial charge in [-0.25, -0.2) is 0 Å². The van der Waals surface area contributed by atoms with Crippen LogP contribution in [-0.2, 0) is 4.79 Å². The first kappa shape index (κ1) is 11.3. The third-order valence-electron chi connectivity index (χ3n) is 2.54. The van der Waals surface area contributed by atoms with Gasteiger partial charge in [0, 0.05) is 6.42 Å². The van der Waals surface area contributed by atoms with E-state index >= 15 is 0 Å². The lowest BCUT2D eigenvalue weighted by molar-refractivity contribution is -0.107. The minimum atomic E-state index is 0.468. The maximum absolute atomic E-state index is 10.2. The molecule has 17 heavy (non-hydrogen) atoms. The molecule has 0 N–H and O–H groups in total. The highest BCUT2D eigenvalue weighted by Crippen LogP contribution is 2.20. The fourth-order valence-electron chi connectivity index (χ4n) is 1.71. The Morgan fingerprint density at radius 2 is 1.65 bits per heavy atom. The van der Waals surface area contributed by atoms with Crippen LogP contribution in [0.4, 0.5) is 0 Å². The third-order valence-corrected chi connectivity index (χ3v) is 2.54. The van der Waals surface area contributed by atoms with Gasteiger partial charge in [0.1, 0.15) is 6.29 Å². The van der Waals surface area contributed by atoms with Crippen LogP contribution < -0.4 is 0 Å². The van der Waals surface area contributed by atoms with Crippen molar-refractivity contribution in [2.75, 3.05) is 0 Å². The van der Waals surface area contributed by atoms with E-state index in [2.05, 4.69) is 24.3 Å². The predicted molar refractivity (Wildman–Crippen MR) is 71.6 cm³/mol. The maximum atomic E-state index is 10.2. The second-order valence-corrected chi connectivity index (χ2v) is 3.80. The van der Waals surface area contributed by atoms with Crippen LogP contribution in [-0.4, -0.2) is 6.29 Å². The van der Waals surface area contributed by atoms with E-state index in [1.807, 2.05) is 42.5 Å². The lowest BCUT2D eigenvalue weighted by Crippen LogP contribution is -1.78. The first-order valence-corrected chi connectivity index (χ1v) is 5.66. The number of hydrogen-bond donors (Lipinski definition) is 0. The fraction of sp³-hybridized carbons (Fsp3) is 0.0625. The SMILES string of the molecule is O=CC/C=C/c1cccc(-c2ccccc2)c1. The Kier molecular flexibility index (Phi) is 3.87. The molecule has 0 radical (unpaired) electrons. The summed E-state index contributed by atoms with van der Waals surface area (Å²) in [6.07, 6.45) is 5.21. The Hall–Kier alpha value is -2.15. The van der Waals surface area contributed by atoms with Crippen molar-refractivity contribution in [2.24, 2.45) is 0 Å². The average Bonchev–Trinajstić information content (AvgIpc) is 2.41. The molecule has 0 bridgehead atoms. The molecule has 0 heterocycles. The first-order chi connectivity index (χ1) is 8.40. The van der Waals surface area contributed by atoms with Crippen LogP contribution in [0.25, 0.3) is 17.2 Å². The normalized spacial score (nSPS) is 10.6. The van der Waals surface area contributed by atoms with Crippen LogP contribution >= 0.6 is 0 Å². The van der Waals surface area contributed by atoms with Gasteiger partial charge in [0.25, 0.3) is 0 Å². The van der Waals surface area contributed by atoms with Crippen LogP contribution in [0, 0.1) is 0 Å². The number of rotatable bonds is 4. The molecule has 2 rings (SSSR count). The molecule has 0 aliphatic rings. The molecule has 0 aromatic heterocycles. The van der Waals surface area contributed by atoms with Gasteiger partial charge in [0.15, 0.2) is 0 Å². The predicted octanol–water partition coefficient (Wildman–Crippen LogP) is 3.96. The molecular weight excluding hydrogens is 208 g/mol. The Morgan fingerprint density at radius 1 is 0.882 bits per heavy atom. The number of benzene rings is 2. The number of hydrogen-bond acceptors (Lipinski definition) is 1.